The Morgan fingerprint density at radius 1 is 0.923 bits per heavy atom. The van der Waals surface area contributed by atoms with Gasteiger partial charge in [0.25, 0.3) is 0 Å². The van der Waals surface area contributed by atoms with Crippen molar-refractivity contribution in [3.63, 3.8) is 0 Å². The molecule has 0 radical (unpaired) electrons. The monoisotopic (exact) mass is 260 g/mol. The minimum absolute atomic E-state index is 0. The van der Waals surface area contributed by atoms with Gasteiger partial charge in [0.1, 0.15) is 0 Å². The Balaban J connectivity index is -0.000000150. The van der Waals surface area contributed by atoms with Crippen LogP contribution in [0.1, 0.15) is 46.0 Å². The summed E-state index contributed by atoms with van der Waals surface area (Å²) in [6.07, 6.45) is 7.01. The van der Waals surface area contributed by atoms with Crippen LogP contribution in [0.5, 0.6) is 0 Å². The van der Waals surface area contributed by atoms with Crippen LogP contribution in [0.15, 0.2) is 0 Å². The van der Waals surface area contributed by atoms with Crippen molar-refractivity contribution in [3.05, 3.63) is 0 Å². The summed E-state index contributed by atoms with van der Waals surface area (Å²) >= 11 is 0. The minimum Gasteiger partial charge on any atom is -0.759 e. The fraction of sp³-hybridized carbons (Fsp3) is 1.00. The van der Waals surface area contributed by atoms with E-state index in [1.807, 2.05) is 0 Å². The van der Waals surface area contributed by atoms with Gasteiger partial charge in [0.15, 0.2) is 0 Å². The number of rotatable bonds is 4. The van der Waals surface area contributed by atoms with Gasteiger partial charge in [-0.3, -0.25) is 8.42 Å². The normalized spacial score (nSPS) is 9.54. The molecule has 0 heterocycles. The number of hydrogen-bond donors (Lipinski definition) is 0. The van der Waals surface area contributed by atoms with E-state index in [0.29, 0.717) is 0 Å². The van der Waals surface area contributed by atoms with Gasteiger partial charge in [0.2, 0.25) is 0 Å². The van der Waals surface area contributed by atoms with Gasteiger partial charge in [-0.25, -0.2) is 0 Å². The molecule has 76 valence electrons. The predicted molar refractivity (Wildman–Crippen MR) is 44.9 cm³/mol. The van der Waals surface area contributed by atoms with E-state index in [4.69, 9.17) is 17.5 Å². The van der Waals surface area contributed by atoms with Crippen LogP contribution in [0, 0.1) is 0 Å². The van der Waals surface area contributed by atoms with Crippen molar-refractivity contribution in [1.29, 1.82) is 0 Å². The summed E-state index contributed by atoms with van der Waals surface area (Å²) in [5.74, 6) is 0. The van der Waals surface area contributed by atoms with Crippen molar-refractivity contribution in [1.82, 2.24) is 0 Å². The maximum atomic E-state index is 8.52. The summed E-state index contributed by atoms with van der Waals surface area (Å²) in [7, 11) is -5.17. The molecule has 0 amide bonds. The maximum absolute atomic E-state index is 8.52. The summed E-state index contributed by atoms with van der Waals surface area (Å²) < 4.78 is 34.1. The van der Waals surface area contributed by atoms with Gasteiger partial charge in [-0.2, -0.15) is 0 Å². The Bertz CT molecular complexity index is 155. The molecule has 0 spiro atoms. The third-order valence-electron chi connectivity index (χ3n) is 1.21. The summed E-state index contributed by atoms with van der Waals surface area (Å²) in [5, 5.41) is 0. The Hall–Kier alpha value is 0.493. The molecule has 0 aromatic carbocycles. The molecule has 0 atom stereocenters. The molecule has 0 saturated carbocycles. The number of unbranched alkanes of at least 4 members (excludes halogenated alkanes) is 4. The van der Waals surface area contributed by atoms with Crippen LogP contribution < -0.4 is 0 Å². The van der Waals surface area contributed by atoms with Gasteiger partial charge >= 0.3 is 19.5 Å². The molecular formula is C7H16O4SZn. The van der Waals surface area contributed by atoms with E-state index < -0.39 is 10.4 Å². The standard InChI is InChI=1S/C7H16.H2O4S.Zn/c1-3-5-7-6-4-2;1-5(2,3)4;/h3-7H2,1-2H3;(H2,1,2,3,4);/q;;+2/p-2. The first-order valence-corrected chi connectivity index (χ1v) is 5.41. The Morgan fingerprint density at radius 3 is 1.31 bits per heavy atom. The Labute approximate surface area is 93.4 Å². The molecule has 0 aromatic heterocycles. The molecule has 0 aromatic rings. The summed E-state index contributed by atoms with van der Waals surface area (Å²) in [6.45, 7) is 4.49. The molecule has 0 unspecified atom stereocenters. The van der Waals surface area contributed by atoms with Crippen LogP contribution >= 0.6 is 0 Å². The molecule has 0 N–H and O–H groups in total. The maximum Gasteiger partial charge on any atom is 2.00 e. The first-order chi connectivity index (χ1) is 5.41. The molecule has 0 fully saturated rings. The molecule has 0 aliphatic rings. The molecule has 13 heavy (non-hydrogen) atoms. The van der Waals surface area contributed by atoms with E-state index in [1.54, 1.807) is 0 Å². The molecule has 6 heteroatoms. The third kappa shape index (κ3) is 68.1. The van der Waals surface area contributed by atoms with E-state index in [1.165, 1.54) is 32.1 Å². The average Bonchev–Trinajstić information content (AvgIpc) is 1.85. The first kappa shape index (κ1) is 19.1. The number of hydrogen-bond acceptors (Lipinski definition) is 4. The van der Waals surface area contributed by atoms with Crippen LogP contribution in [0.3, 0.4) is 0 Å². The van der Waals surface area contributed by atoms with Gasteiger partial charge in [-0.15, -0.1) is 0 Å². The smallest absolute Gasteiger partial charge is 0.759 e. The summed E-state index contributed by atoms with van der Waals surface area (Å²) in [5.41, 5.74) is 0. The van der Waals surface area contributed by atoms with E-state index in [0.717, 1.165) is 0 Å². The molecule has 0 aliphatic carbocycles. The predicted octanol–water partition coefficient (Wildman–Crippen LogP) is 1.64. The largest absolute Gasteiger partial charge is 2.00 e. The Morgan fingerprint density at radius 2 is 1.15 bits per heavy atom. The van der Waals surface area contributed by atoms with Gasteiger partial charge in [-0.05, 0) is 0 Å². The second-order valence-electron chi connectivity index (χ2n) is 2.47. The molecule has 0 aliphatic heterocycles. The first-order valence-electron chi connectivity index (χ1n) is 4.08. The van der Waals surface area contributed by atoms with Crippen molar-refractivity contribution < 1.29 is 37.0 Å². The van der Waals surface area contributed by atoms with E-state index in [9.17, 15) is 0 Å². The van der Waals surface area contributed by atoms with Crippen molar-refractivity contribution in [2.45, 2.75) is 46.0 Å². The molecule has 0 saturated heterocycles. The zero-order valence-corrected chi connectivity index (χ0v) is 12.1. The fourth-order valence-electron chi connectivity index (χ4n) is 0.677. The molecule has 0 rings (SSSR count). The zero-order valence-electron chi connectivity index (χ0n) is 8.28. The second kappa shape index (κ2) is 12.5. The summed E-state index contributed by atoms with van der Waals surface area (Å²) in [6, 6.07) is 0. The zero-order chi connectivity index (χ0) is 10.0. The quantitative estimate of drug-likeness (QED) is 0.333. The van der Waals surface area contributed by atoms with Crippen LogP contribution in [0.4, 0.5) is 0 Å². The van der Waals surface area contributed by atoms with Crippen LogP contribution in [0.2, 0.25) is 0 Å². The molecule has 0 bridgehead atoms. The SMILES string of the molecule is CCCCCCC.O=S(=O)([O-])[O-].[Zn+2]. The summed E-state index contributed by atoms with van der Waals surface area (Å²) in [4.78, 5) is 0. The molecule has 4 nitrogen and oxygen atoms in total. The minimum atomic E-state index is -5.17. The molecular weight excluding hydrogens is 246 g/mol. The van der Waals surface area contributed by atoms with Crippen molar-refractivity contribution in [2.75, 3.05) is 0 Å². The van der Waals surface area contributed by atoms with Gasteiger partial charge in [0.05, 0.1) is 0 Å². The van der Waals surface area contributed by atoms with E-state index in [-0.39, 0.29) is 19.5 Å². The average molecular weight is 262 g/mol. The van der Waals surface area contributed by atoms with Crippen molar-refractivity contribution in [3.8, 4) is 0 Å². The van der Waals surface area contributed by atoms with Gasteiger partial charge in [-0.1, -0.05) is 46.0 Å². The van der Waals surface area contributed by atoms with Crippen LogP contribution in [-0.2, 0) is 29.9 Å². The van der Waals surface area contributed by atoms with Crippen LogP contribution in [-0.4, -0.2) is 17.5 Å². The Kier molecular flexibility index (Phi) is 18.4. The van der Waals surface area contributed by atoms with Gasteiger partial charge in [0, 0.05) is 10.4 Å². The van der Waals surface area contributed by atoms with E-state index in [2.05, 4.69) is 13.8 Å². The van der Waals surface area contributed by atoms with Crippen LogP contribution in [0.25, 0.3) is 0 Å². The van der Waals surface area contributed by atoms with E-state index >= 15 is 0 Å². The third-order valence-corrected chi connectivity index (χ3v) is 1.21. The van der Waals surface area contributed by atoms with Crippen molar-refractivity contribution in [2.24, 2.45) is 0 Å². The second-order valence-corrected chi connectivity index (χ2v) is 3.29. The fourth-order valence-corrected chi connectivity index (χ4v) is 0.677. The van der Waals surface area contributed by atoms with Gasteiger partial charge < -0.3 is 9.11 Å². The topological polar surface area (TPSA) is 80.3 Å². The van der Waals surface area contributed by atoms with Crippen molar-refractivity contribution >= 4 is 10.4 Å².